The number of hydrogen-bond donors (Lipinski definition) is 2. The lowest BCUT2D eigenvalue weighted by molar-refractivity contribution is -0.119. The third-order valence-corrected chi connectivity index (χ3v) is 4.07. The Labute approximate surface area is 152 Å². The molecule has 0 saturated heterocycles. The number of nitrogens with zero attached hydrogens (tertiary/aromatic N) is 3. The molecule has 0 aliphatic carbocycles. The summed E-state index contributed by atoms with van der Waals surface area (Å²) in [4.78, 5) is 31.3. The molecule has 0 fully saturated rings. The summed E-state index contributed by atoms with van der Waals surface area (Å²) in [6, 6.07) is 3.55. The van der Waals surface area contributed by atoms with Crippen LogP contribution in [0.1, 0.15) is 30.8 Å². The molecule has 0 spiro atoms. The maximum absolute atomic E-state index is 12.0. The largest absolute Gasteiger partial charge is 0.458 e. The number of nitrogens with one attached hydrogen (secondary N) is 2. The van der Waals surface area contributed by atoms with Gasteiger partial charge in [-0.2, -0.15) is 4.98 Å². The number of hydrogen-bond acceptors (Lipinski definition) is 8. The Morgan fingerprint density at radius 2 is 2.12 bits per heavy atom. The van der Waals surface area contributed by atoms with Crippen LogP contribution in [0.3, 0.4) is 0 Å². The Morgan fingerprint density at radius 1 is 1.27 bits per heavy atom. The van der Waals surface area contributed by atoms with Gasteiger partial charge in [-0.25, -0.2) is 4.98 Å². The molecule has 10 heteroatoms. The van der Waals surface area contributed by atoms with Gasteiger partial charge in [0.1, 0.15) is 11.5 Å². The molecule has 0 saturated carbocycles. The summed E-state index contributed by atoms with van der Waals surface area (Å²) in [6.07, 6.45) is 0.591. The van der Waals surface area contributed by atoms with Crippen molar-refractivity contribution in [3.63, 3.8) is 0 Å². The van der Waals surface area contributed by atoms with Crippen LogP contribution in [0.5, 0.6) is 0 Å². The molecule has 3 aromatic rings. The molecular formula is C16H17N5O4S. The molecule has 0 radical (unpaired) electrons. The Hall–Kier alpha value is -3.01. The van der Waals surface area contributed by atoms with Crippen LogP contribution in [0.15, 0.2) is 26.5 Å². The molecule has 0 aliphatic rings. The van der Waals surface area contributed by atoms with E-state index in [-0.39, 0.29) is 18.2 Å². The molecule has 9 nitrogen and oxygen atoms in total. The van der Waals surface area contributed by atoms with Crippen LogP contribution in [0.25, 0.3) is 11.5 Å². The first-order valence-electron chi connectivity index (χ1n) is 7.87. The van der Waals surface area contributed by atoms with E-state index in [1.807, 2.05) is 0 Å². The summed E-state index contributed by atoms with van der Waals surface area (Å²) >= 11 is 1.30. The normalized spacial score (nSPS) is 10.7. The topological polar surface area (TPSA) is 123 Å². The predicted molar refractivity (Wildman–Crippen MR) is 93.3 cm³/mol. The smallest absolute Gasteiger partial charge is 0.227 e. The lowest BCUT2D eigenvalue weighted by Gasteiger charge is -1.99. The maximum Gasteiger partial charge on any atom is 0.227 e. The van der Waals surface area contributed by atoms with Gasteiger partial charge in [0.05, 0.1) is 6.54 Å². The number of rotatable bonds is 7. The molecule has 26 heavy (non-hydrogen) atoms. The first-order valence-corrected chi connectivity index (χ1v) is 8.75. The highest BCUT2D eigenvalue weighted by molar-refractivity contribution is 7.14. The summed E-state index contributed by atoms with van der Waals surface area (Å²) in [5, 5.41) is 11.3. The third kappa shape index (κ3) is 4.76. The number of anilines is 1. The van der Waals surface area contributed by atoms with Gasteiger partial charge >= 0.3 is 0 Å². The molecule has 0 aliphatic heterocycles. The van der Waals surface area contributed by atoms with Gasteiger partial charge in [-0.15, -0.1) is 11.3 Å². The minimum atomic E-state index is -0.187. The molecule has 0 unspecified atom stereocenters. The van der Waals surface area contributed by atoms with E-state index in [0.717, 1.165) is 0 Å². The number of amides is 2. The van der Waals surface area contributed by atoms with Crippen molar-refractivity contribution in [2.24, 2.45) is 0 Å². The van der Waals surface area contributed by atoms with Crippen LogP contribution >= 0.6 is 11.3 Å². The van der Waals surface area contributed by atoms with Gasteiger partial charge in [0.2, 0.25) is 17.7 Å². The summed E-state index contributed by atoms with van der Waals surface area (Å²) < 4.78 is 10.6. The average Bonchev–Trinajstić information content (AvgIpc) is 3.31. The fourth-order valence-corrected chi connectivity index (χ4v) is 2.83. The van der Waals surface area contributed by atoms with Crippen LogP contribution < -0.4 is 10.6 Å². The third-order valence-electron chi connectivity index (χ3n) is 3.31. The lowest BCUT2D eigenvalue weighted by atomic mass is 10.3. The van der Waals surface area contributed by atoms with E-state index in [2.05, 4.69) is 25.8 Å². The lowest BCUT2D eigenvalue weighted by Crippen LogP contribution is -2.18. The quantitative estimate of drug-likeness (QED) is 0.649. The fourth-order valence-electron chi connectivity index (χ4n) is 2.11. The summed E-state index contributed by atoms with van der Waals surface area (Å²) in [5.74, 6) is 1.86. The van der Waals surface area contributed by atoms with Gasteiger partial charge in [0.25, 0.3) is 0 Å². The zero-order chi connectivity index (χ0) is 18.5. The van der Waals surface area contributed by atoms with Gasteiger partial charge in [0.15, 0.2) is 16.7 Å². The molecular weight excluding hydrogens is 358 g/mol. The van der Waals surface area contributed by atoms with Gasteiger partial charge in [0, 0.05) is 25.1 Å². The van der Waals surface area contributed by atoms with Gasteiger partial charge in [-0.1, -0.05) is 5.16 Å². The SMILES string of the molecule is CC(=O)NCc1ccc(-c2csc(NC(=O)CCc3nc(C)no3)n2)o1. The fraction of sp³-hybridized carbons (Fsp3) is 0.312. The molecule has 3 aromatic heterocycles. The Bertz CT molecular complexity index is 913. The molecule has 0 aromatic carbocycles. The molecule has 0 bridgehead atoms. The van der Waals surface area contributed by atoms with Crippen LogP contribution in [-0.2, 0) is 22.6 Å². The summed E-state index contributed by atoms with van der Waals surface area (Å²) in [5.41, 5.74) is 0.618. The average molecular weight is 375 g/mol. The van der Waals surface area contributed by atoms with Crippen molar-refractivity contribution < 1.29 is 18.5 Å². The maximum atomic E-state index is 12.0. The number of thiazole rings is 1. The first kappa shape index (κ1) is 17.8. The Kier molecular flexibility index (Phi) is 5.42. The Morgan fingerprint density at radius 3 is 2.85 bits per heavy atom. The van der Waals surface area contributed by atoms with E-state index in [1.165, 1.54) is 18.3 Å². The zero-order valence-electron chi connectivity index (χ0n) is 14.2. The number of aromatic nitrogens is 3. The summed E-state index contributed by atoms with van der Waals surface area (Å²) in [7, 11) is 0. The van der Waals surface area contributed by atoms with Gasteiger partial charge in [-0.05, 0) is 19.1 Å². The molecule has 136 valence electrons. The molecule has 0 atom stereocenters. The van der Waals surface area contributed by atoms with E-state index >= 15 is 0 Å². The van der Waals surface area contributed by atoms with Crippen molar-refractivity contribution in [3.05, 3.63) is 35.0 Å². The van der Waals surface area contributed by atoms with Crippen molar-refractivity contribution in [3.8, 4) is 11.5 Å². The van der Waals surface area contributed by atoms with E-state index in [0.29, 0.717) is 47.0 Å². The molecule has 2 N–H and O–H groups in total. The molecule has 3 rings (SSSR count). The van der Waals surface area contributed by atoms with Crippen molar-refractivity contribution >= 4 is 28.3 Å². The van der Waals surface area contributed by atoms with E-state index in [4.69, 9.17) is 8.94 Å². The van der Waals surface area contributed by atoms with Crippen molar-refractivity contribution in [2.75, 3.05) is 5.32 Å². The van der Waals surface area contributed by atoms with Crippen LogP contribution in [0.4, 0.5) is 5.13 Å². The number of carbonyl (C=O) groups is 2. The predicted octanol–water partition coefficient (Wildman–Crippen LogP) is 2.30. The van der Waals surface area contributed by atoms with Crippen molar-refractivity contribution in [2.45, 2.75) is 33.2 Å². The number of furan rings is 1. The zero-order valence-corrected chi connectivity index (χ0v) is 15.1. The number of aryl methyl sites for hydroxylation is 2. The minimum absolute atomic E-state index is 0.128. The standard InChI is InChI=1S/C16H17N5O4S/c1-9-18-15(25-21-9)6-5-14(23)20-16-19-12(8-26-16)13-4-3-11(24-13)7-17-10(2)22/h3-4,8H,5-7H2,1-2H3,(H,17,22)(H,19,20,23). The van der Waals surface area contributed by atoms with E-state index < -0.39 is 0 Å². The second-order valence-corrected chi connectivity index (χ2v) is 6.36. The van der Waals surface area contributed by atoms with Gasteiger partial charge in [-0.3, -0.25) is 9.59 Å². The molecule has 3 heterocycles. The second-order valence-electron chi connectivity index (χ2n) is 5.50. The van der Waals surface area contributed by atoms with Gasteiger partial charge < -0.3 is 19.6 Å². The first-order chi connectivity index (χ1) is 12.5. The number of carbonyl (C=O) groups excluding carboxylic acids is 2. The summed E-state index contributed by atoms with van der Waals surface area (Å²) in [6.45, 7) is 3.48. The second kappa shape index (κ2) is 7.91. The monoisotopic (exact) mass is 375 g/mol. The van der Waals surface area contributed by atoms with E-state index in [1.54, 1.807) is 24.4 Å². The minimum Gasteiger partial charge on any atom is -0.458 e. The highest BCUT2D eigenvalue weighted by Gasteiger charge is 2.12. The Balaban J connectivity index is 1.54. The van der Waals surface area contributed by atoms with Crippen molar-refractivity contribution in [1.29, 1.82) is 0 Å². The van der Waals surface area contributed by atoms with Crippen LogP contribution in [0.2, 0.25) is 0 Å². The van der Waals surface area contributed by atoms with Crippen LogP contribution in [-0.4, -0.2) is 26.9 Å². The van der Waals surface area contributed by atoms with Crippen molar-refractivity contribution in [1.82, 2.24) is 20.4 Å². The van der Waals surface area contributed by atoms with E-state index in [9.17, 15) is 9.59 Å². The molecule has 2 amide bonds. The van der Waals surface area contributed by atoms with Crippen LogP contribution in [0, 0.1) is 6.92 Å². The highest BCUT2D eigenvalue weighted by Crippen LogP contribution is 2.26. The highest BCUT2D eigenvalue weighted by atomic mass is 32.1.